The number of carbonyl (C=O) groups excluding carboxylic acids is 1. The monoisotopic (exact) mass is 281 g/mol. The molecule has 104 valence electrons. The summed E-state index contributed by atoms with van der Waals surface area (Å²) in [5, 5.41) is 3.70. The van der Waals surface area contributed by atoms with E-state index in [0.717, 1.165) is 29.6 Å². The van der Waals surface area contributed by atoms with Gasteiger partial charge in [0.25, 0.3) is 5.91 Å². The fourth-order valence-corrected chi connectivity index (χ4v) is 2.78. The molecule has 0 saturated carbocycles. The van der Waals surface area contributed by atoms with E-state index in [9.17, 15) is 4.79 Å². The van der Waals surface area contributed by atoms with Crippen LogP contribution in [-0.2, 0) is 11.3 Å². The van der Waals surface area contributed by atoms with Gasteiger partial charge in [-0.15, -0.1) is 0 Å². The molecule has 1 amide bonds. The Balaban J connectivity index is 1.73. The molecule has 0 radical (unpaired) electrons. The Kier molecular flexibility index (Phi) is 5.23. The highest BCUT2D eigenvalue weighted by atomic mass is 35.5. The fraction of sp³-hybridized carbons (Fsp3) is 0.533. The Morgan fingerprint density at radius 3 is 2.84 bits per heavy atom. The number of halogens is 1. The molecule has 4 heteroatoms. The molecule has 2 atom stereocenters. The largest absolute Gasteiger partial charge is 0.347 e. The maximum atomic E-state index is 11.9. The van der Waals surface area contributed by atoms with E-state index in [1.165, 1.54) is 17.7 Å². The van der Waals surface area contributed by atoms with Crippen molar-refractivity contribution in [2.75, 3.05) is 19.6 Å². The van der Waals surface area contributed by atoms with E-state index in [2.05, 4.69) is 12.2 Å². The lowest BCUT2D eigenvalue weighted by Gasteiger charge is -2.27. The van der Waals surface area contributed by atoms with Gasteiger partial charge >= 0.3 is 0 Å². The number of carbonyl (C=O) groups is 1. The lowest BCUT2D eigenvalue weighted by atomic mass is 10.0. The van der Waals surface area contributed by atoms with Gasteiger partial charge in [-0.1, -0.05) is 30.7 Å². The minimum atomic E-state index is 0.138. The number of amides is 1. The Morgan fingerprint density at radius 1 is 1.42 bits per heavy atom. The van der Waals surface area contributed by atoms with Crippen LogP contribution in [0.5, 0.6) is 0 Å². The molecule has 0 bridgehead atoms. The topological polar surface area (TPSA) is 33.5 Å². The maximum Gasteiger partial charge on any atom is 0.275 e. The van der Waals surface area contributed by atoms with Crippen LogP contribution < -0.4 is 10.2 Å². The predicted molar refractivity (Wildman–Crippen MR) is 77.3 cm³/mol. The van der Waals surface area contributed by atoms with Crippen LogP contribution in [0.1, 0.15) is 25.3 Å². The molecule has 0 spiro atoms. The number of likely N-dealkylation sites (tertiary alicyclic amines) is 1. The van der Waals surface area contributed by atoms with E-state index in [1.54, 1.807) is 0 Å². The minimum absolute atomic E-state index is 0.138. The summed E-state index contributed by atoms with van der Waals surface area (Å²) in [7, 11) is 0. The number of piperidine rings is 1. The van der Waals surface area contributed by atoms with Crippen LogP contribution in [0.25, 0.3) is 0 Å². The normalized spacial score (nSPS) is 23.1. The van der Waals surface area contributed by atoms with Gasteiger partial charge in [0.2, 0.25) is 0 Å². The van der Waals surface area contributed by atoms with Gasteiger partial charge in [-0.25, -0.2) is 0 Å². The highest BCUT2D eigenvalue weighted by molar-refractivity contribution is 6.30. The van der Waals surface area contributed by atoms with Gasteiger partial charge in [0, 0.05) is 17.5 Å². The van der Waals surface area contributed by atoms with Crippen molar-refractivity contribution in [2.45, 2.75) is 26.3 Å². The molecule has 1 aromatic carbocycles. The van der Waals surface area contributed by atoms with Crippen LogP contribution >= 0.6 is 11.6 Å². The first-order valence-electron chi connectivity index (χ1n) is 6.98. The van der Waals surface area contributed by atoms with Crippen LogP contribution in [0.2, 0.25) is 5.02 Å². The summed E-state index contributed by atoms with van der Waals surface area (Å²) in [6.07, 6.45) is 2.54. The fourth-order valence-electron chi connectivity index (χ4n) is 2.65. The highest BCUT2D eigenvalue weighted by Gasteiger charge is 2.21. The van der Waals surface area contributed by atoms with Gasteiger partial charge < -0.3 is 10.2 Å². The molecule has 1 aliphatic rings. The molecular weight excluding hydrogens is 260 g/mol. The number of nitrogens with one attached hydrogen (secondary N) is 2. The summed E-state index contributed by atoms with van der Waals surface area (Å²) in [6.45, 7) is 5.69. The third-order valence-electron chi connectivity index (χ3n) is 3.68. The first kappa shape index (κ1) is 14.4. The average molecular weight is 282 g/mol. The summed E-state index contributed by atoms with van der Waals surface area (Å²) < 4.78 is 0. The molecule has 1 aromatic rings. The van der Waals surface area contributed by atoms with Gasteiger partial charge in [-0.05, 0) is 30.5 Å². The number of hydrogen-bond donors (Lipinski definition) is 2. The Labute approximate surface area is 119 Å². The van der Waals surface area contributed by atoms with E-state index in [0.29, 0.717) is 13.1 Å². The SMILES string of the molecule is C[C@H]1CCC[NH+](CC(=O)NCc2ccc(Cl)cc2)C1. The molecule has 1 unspecified atom stereocenters. The first-order valence-corrected chi connectivity index (χ1v) is 7.36. The third-order valence-corrected chi connectivity index (χ3v) is 3.93. The Hall–Kier alpha value is -1.06. The van der Waals surface area contributed by atoms with E-state index in [1.807, 2.05) is 24.3 Å². The zero-order chi connectivity index (χ0) is 13.7. The molecule has 2 rings (SSSR count). The van der Waals surface area contributed by atoms with Gasteiger partial charge in [0.15, 0.2) is 6.54 Å². The smallest absolute Gasteiger partial charge is 0.275 e. The minimum Gasteiger partial charge on any atom is -0.347 e. The van der Waals surface area contributed by atoms with E-state index in [4.69, 9.17) is 11.6 Å². The highest BCUT2D eigenvalue weighted by Crippen LogP contribution is 2.09. The van der Waals surface area contributed by atoms with Crippen LogP contribution in [0.4, 0.5) is 0 Å². The van der Waals surface area contributed by atoms with Crippen molar-refractivity contribution in [3.8, 4) is 0 Å². The van der Waals surface area contributed by atoms with Crippen LogP contribution in [-0.4, -0.2) is 25.5 Å². The van der Waals surface area contributed by atoms with Gasteiger partial charge in [-0.2, -0.15) is 0 Å². The number of hydrogen-bond acceptors (Lipinski definition) is 1. The number of quaternary nitrogens is 1. The van der Waals surface area contributed by atoms with Crippen molar-refractivity contribution in [3.05, 3.63) is 34.9 Å². The van der Waals surface area contributed by atoms with Crippen molar-refractivity contribution in [3.63, 3.8) is 0 Å². The lowest BCUT2D eigenvalue weighted by Crippen LogP contribution is -3.14. The maximum absolute atomic E-state index is 11.9. The lowest BCUT2D eigenvalue weighted by molar-refractivity contribution is -0.900. The van der Waals surface area contributed by atoms with E-state index in [-0.39, 0.29) is 5.91 Å². The summed E-state index contributed by atoms with van der Waals surface area (Å²) in [5.41, 5.74) is 1.08. The zero-order valence-electron chi connectivity index (χ0n) is 11.4. The quantitative estimate of drug-likeness (QED) is 0.856. The van der Waals surface area contributed by atoms with E-state index >= 15 is 0 Å². The summed E-state index contributed by atoms with van der Waals surface area (Å²) >= 11 is 5.83. The number of rotatable bonds is 4. The first-order chi connectivity index (χ1) is 9.13. The second-order valence-electron chi connectivity index (χ2n) is 5.53. The van der Waals surface area contributed by atoms with Crippen molar-refractivity contribution < 1.29 is 9.69 Å². The van der Waals surface area contributed by atoms with Crippen LogP contribution in [0.3, 0.4) is 0 Å². The van der Waals surface area contributed by atoms with E-state index < -0.39 is 0 Å². The molecule has 0 aliphatic carbocycles. The Morgan fingerprint density at radius 2 is 2.16 bits per heavy atom. The molecule has 1 aliphatic heterocycles. The molecule has 1 fully saturated rings. The van der Waals surface area contributed by atoms with Crippen LogP contribution in [0, 0.1) is 5.92 Å². The van der Waals surface area contributed by atoms with Crippen LogP contribution in [0.15, 0.2) is 24.3 Å². The zero-order valence-corrected chi connectivity index (χ0v) is 12.2. The molecule has 0 aromatic heterocycles. The second-order valence-corrected chi connectivity index (χ2v) is 5.97. The average Bonchev–Trinajstić information content (AvgIpc) is 2.38. The summed E-state index contributed by atoms with van der Waals surface area (Å²) in [6, 6.07) is 7.58. The second kappa shape index (κ2) is 6.92. The van der Waals surface area contributed by atoms with Gasteiger partial charge in [-0.3, -0.25) is 4.79 Å². The third kappa shape index (κ3) is 4.84. The molecule has 1 heterocycles. The summed E-state index contributed by atoms with van der Waals surface area (Å²) in [4.78, 5) is 13.3. The van der Waals surface area contributed by atoms with Crippen molar-refractivity contribution in [1.82, 2.24) is 5.32 Å². The van der Waals surface area contributed by atoms with Crippen molar-refractivity contribution in [1.29, 1.82) is 0 Å². The van der Waals surface area contributed by atoms with Gasteiger partial charge in [0.1, 0.15) is 0 Å². The molecule has 3 nitrogen and oxygen atoms in total. The molecule has 1 saturated heterocycles. The molecule has 19 heavy (non-hydrogen) atoms. The van der Waals surface area contributed by atoms with Gasteiger partial charge in [0.05, 0.1) is 13.1 Å². The Bertz CT molecular complexity index is 419. The summed E-state index contributed by atoms with van der Waals surface area (Å²) in [5.74, 6) is 0.881. The van der Waals surface area contributed by atoms with Crippen molar-refractivity contribution >= 4 is 17.5 Å². The molecule has 2 N–H and O–H groups in total. The van der Waals surface area contributed by atoms with Crippen molar-refractivity contribution in [2.24, 2.45) is 5.92 Å². The predicted octanol–water partition coefficient (Wildman–Crippen LogP) is 1.27. The number of benzene rings is 1. The molecular formula is C15H22ClN2O+. The standard InChI is InChI=1S/C15H21ClN2O/c1-12-3-2-8-18(10-12)11-15(19)17-9-13-4-6-14(16)7-5-13/h4-7,12H,2-3,8-11H2,1H3,(H,17,19)/p+1/t12-/m0/s1.